The van der Waals surface area contributed by atoms with E-state index in [-0.39, 0.29) is 11.6 Å². The minimum atomic E-state index is -4.41. The van der Waals surface area contributed by atoms with Gasteiger partial charge in [-0.1, -0.05) is 29.8 Å². The zero-order valence-electron chi connectivity index (χ0n) is 12.7. The number of hydrogen-bond donors (Lipinski definition) is 2. The molecule has 1 heterocycles. The van der Waals surface area contributed by atoms with E-state index in [1.54, 1.807) is 24.3 Å². The van der Waals surface area contributed by atoms with Gasteiger partial charge in [-0.25, -0.2) is 4.98 Å². The van der Waals surface area contributed by atoms with Crippen LogP contribution >= 0.6 is 11.6 Å². The molecule has 0 saturated heterocycles. The minimum absolute atomic E-state index is 0.163. The van der Waals surface area contributed by atoms with Gasteiger partial charge in [-0.05, 0) is 36.4 Å². The number of anilines is 4. The van der Waals surface area contributed by atoms with Gasteiger partial charge in [-0.2, -0.15) is 18.2 Å². The van der Waals surface area contributed by atoms with Crippen LogP contribution in [0.15, 0.2) is 60.8 Å². The summed E-state index contributed by atoms with van der Waals surface area (Å²) in [7, 11) is 0. The molecule has 0 saturated carbocycles. The Morgan fingerprint density at radius 2 is 1.72 bits per heavy atom. The SMILES string of the molecule is FC(F)(F)c1cccc(Nc2nccc(Nc3ccccc3Cl)n2)c1. The van der Waals surface area contributed by atoms with E-state index in [0.29, 0.717) is 16.5 Å². The molecule has 2 aromatic carbocycles. The van der Waals surface area contributed by atoms with E-state index < -0.39 is 11.7 Å². The predicted octanol–water partition coefficient (Wildman–Crippen LogP) is 5.64. The number of hydrogen-bond acceptors (Lipinski definition) is 4. The maximum atomic E-state index is 12.8. The fraction of sp³-hybridized carbons (Fsp3) is 0.0588. The summed E-state index contributed by atoms with van der Waals surface area (Å²) in [6.45, 7) is 0. The third kappa shape index (κ3) is 4.39. The molecule has 0 fully saturated rings. The summed E-state index contributed by atoms with van der Waals surface area (Å²) in [6.07, 6.45) is -2.92. The predicted molar refractivity (Wildman–Crippen MR) is 91.5 cm³/mol. The van der Waals surface area contributed by atoms with Gasteiger partial charge in [0.05, 0.1) is 16.3 Å². The van der Waals surface area contributed by atoms with Crippen molar-refractivity contribution in [3.8, 4) is 0 Å². The molecule has 0 amide bonds. The van der Waals surface area contributed by atoms with E-state index in [1.165, 1.54) is 18.3 Å². The zero-order valence-corrected chi connectivity index (χ0v) is 13.4. The van der Waals surface area contributed by atoms with Gasteiger partial charge in [0.15, 0.2) is 0 Å². The van der Waals surface area contributed by atoms with Crippen LogP contribution in [0, 0.1) is 0 Å². The van der Waals surface area contributed by atoms with Crippen LogP contribution in [0.5, 0.6) is 0 Å². The molecule has 4 nitrogen and oxygen atoms in total. The van der Waals surface area contributed by atoms with Crippen molar-refractivity contribution in [2.75, 3.05) is 10.6 Å². The average Bonchev–Trinajstić information content (AvgIpc) is 2.57. The number of para-hydroxylation sites is 1. The molecule has 2 N–H and O–H groups in total. The largest absolute Gasteiger partial charge is 0.416 e. The number of halogens is 4. The van der Waals surface area contributed by atoms with Gasteiger partial charge in [0.2, 0.25) is 5.95 Å². The summed E-state index contributed by atoms with van der Waals surface area (Å²) in [5.74, 6) is 0.619. The van der Waals surface area contributed by atoms with Gasteiger partial charge in [-0.3, -0.25) is 0 Å². The molecule has 0 aliphatic rings. The zero-order chi connectivity index (χ0) is 17.9. The van der Waals surface area contributed by atoms with Crippen molar-refractivity contribution in [3.63, 3.8) is 0 Å². The number of benzene rings is 2. The first kappa shape index (κ1) is 17.0. The van der Waals surface area contributed by atoms with Crippen molar-refractivity contribution in [2.24, 2.45) is 0 Å². The first-order valence-corrected chi connectivity index (χ1v) is 7.58. The molecular formula is C17H12ClF3N4. The lowest BCUT2D eigenvalue weighted by Gasteiger charge is -2.11. The van der Waals surface area contributed by atoms with Crippen LogP contribution in [0.3, 0.4) is 0 Å². The molecule has 1 aromatic heterocycles. The van der Waals surface area contributed by atoms with Crippen LogP contribution in [-0.2, 0) is 6.18 Å². The van der Waals surface area contributed by atoms with E-state index in [9.17, 15) is 13.2 Å². The molecule has 0 bridgehead atoms. The average molecular weight is 365 g/mol. The van der Waals surface area contributed by atoms with Crippen LogP contribution < -0.4 is 10.6 Å². The normalized spacial score (nSPS) is 11.2. The Morgan fingerprint density at radius 3 is 2.48 bits per heavy atom. The second-order valence-electron chi connectivity index (χ2n) is 5.07. The van der Waals surface area contributed by atoms with Crippen LogP contribution in [0.25, 0.3) is 0 Å². The number of rotatable bonds is 4. The number of nitrogens with zero attached hydrogens (tertiary/aromatic N) is 2. The van der Waals surface area contributed by atoms with Gasteiger partial charge < -0.3 is 10.6 Å². The van der Waals surface area contributed by atoms with Gasteiger partial charge in [0, 0.05) is 11.9 Å². The Labute approximate surface area is 146 Å². The van der Waals surface area contributed by atoms with Crippen molar-refractivity contribution in [1.82, 2.24) is 9.97 Å². The van der Waals surface area contributed by atoms with Crippen molar-refractivity contribution in [1.29, 1.82) is 0 Å². The number of nitrogens with one attached hydrogen (secondary N) is 2. The summed E-state index contributed by atoms with van der Waals surface area (Å²) in [4.78, 5) is 8.24. The fourth-order valence-corrected chi connectivity index (χ4v) is 2.27. The third-order valence-electron chi connectivity index (χ3n) is 3.24. The van der Waals surface area contributed by atoms with E-state index in [1.807, 2.05) is 6.07 Å². The first-order chi connectivity index (χ1) is 11.9. The quantitative estimate of drug-likeness (QED) is 0.629. The van der Waals surface area contributed by atoms with Gasteiger partial charge in [0.25, 0.3) is 0 Å². The van der Waals surface area contributed by atoms with Crippen LogP contribution in [0.2, 0.25) is 5.02 Å². The highest BCUT2D eigenvalue weighted by Crippen LogP contribution is 2.31. The molecule has 128 valence electrons. The second-order valence-corrected chi connectivity index (χ2v) is 5.48. The van der Waals surface area contributed by atoms with Crippen molar-refractivity contribution in [3.05, 3.63) is 71.4 Å². The Hall–Kier alpha value is -2.80. The summed E-state index contributed by atoms with van der Waals surface area (Å²) in [5.41, 5.74) is 0.153. The van der Waals surface area contributed by atoms with Gasteiger partial charge in [-0.15, -0.1) is 0 Å². The van der Waals surface area contributed by atoms with Crippen molar-refractivity contribution < 1.29 is 13.2 Å². The summed E-state index contributed by atoms with van der Waals surface area (Å²) in [6, 6.07) is 13.6. The van der Waals surface area contributed by atoms with E-state index in [2.05, 4.69) is 20.6 Å². The summed E-state index contributed by atoms with van der Waals surface area (Å²) < 4.78 is 38.3. The Bertz CT molecular complexity index is 884. The molecule has 0 atom stereocenters. The number of aromatic nitrogens is 2. The van der Waals surface area contributed by atoms with Gasteiger partial charge >= 0.3 is 6.18 Å². The van der Waals surface area contributed by atoms with Crippen LogP contribution in [0.4, 0.5) is 36.3 Å². The van der Waals surface area contributed by atoms with E-state index in [4.69, 9.17) is 11.6 Å². The maximum Gasteiger partial charge on any atom is 0.416 e. The minimum Gasteiger partial charge on any atom is -0.339 e. The maximum absolute atomic E-state index is 12.8. The molecule has 0 aliphatic carbocycles. The molecule has 0 radical (unpaired) electrons. The van der Waals surface area contributed by atoms with E-state index >= 15 is 0 Å². The molecular weight excluding hydrogens is 353 g/mol. The third-order valence-corrected chi connectivity index (χ3v) is 3.57. The lowest BCUT2D eigenvalue weighted by molar-refractivity contribution is -0.137. The highest BCUT2D eigenvalue weighted by molar-refractivity contribution is 6.33. The summed E-state index contributed by atoms with van der Waals surface area (Å²) in [5, 5.41) is 6.31. The van der Waals surface area contributed by atoms with Crippen LogP contribution in [-0.4, -0.2) is 9.97 Å². The molecule has 3 rings (SSSR count). The summed E-state index contributed by atoms with van der Waals surface area (Å²) >= 11 is 6.08. The molecule has 8 heteroatoms. The lowest BCUT2D eigenvalue weighted by atomic mass is 10.2. The standard InChI is InChI=1S/C17H12ClF3N4/c18-13-6-1-2-7-14(13)24-15-8-9-22-16(25-15)23-12-5-3-4-11(10-12)17(19,20)21/h1-10H,(H2,22,23,24,25). The molecule has 0 unspecified atom stereocenters. The molecule has 3 aromatic rings. The lowest BCUT2D eigenvalue weighted by Crippen LogP contribution is -2.06. The topological polar surface area (TPSA) is 49.8 Å². The smallest absolute Gasteiger partial charge is 0.339 e. The van der Waals surface area contributed by atoms with E-state index in [0.717, 1.165) is 12.1 Å². The Balaban J connectivity index is 1.80. The Morgan fingerprint density at radius 1 is 0.920 bits per heavy atom. The highest BCUT2D eigenvalue weighted by Gasteiger charge is 2.30. The van der Waals surface area contributed by atoms with Crippen molar-refractivity contribution >= 4 is 34.7 Å². The highest BCUT2D eigenvalue weighted by atomic mass is 35.5. The molecule has 0 aliphatic heterocycles. The molecule has 0 spiro atoms. The Kier molecular flexibility index (Phi) is 4.76. The molecule has 25 heavy (non-hydrogen) atoms. The first-order valence-electron chi connectivity index (χ1n) is 7.21. The van der Waals surface area contributed by atoms with Gasteiger partial charge in [0.1, 0.15) is 5.82 Å². The monoisotopic (exact) mass is 364 g/mol. The number of alkyl halides is 3. The second kappa shape index (κ2) is 6.98. The van der Waals surface area contributed by atoms with Crippen molar-refractivity contribution in [2.45, 2.75) is 6.18 Å². The van der Waals surface area contributed by atoms with Crippen LogP contribution in [0.1, 0.15) is 5.56 Å². The fourth-order valence-electron chi connectivity index (χ4n) is 2.09.